The first-order valence-corrected chi connectivity index (χ1v) is 10.3. The third-order valence-corrected chi connectivity index (χ3v) is 6.83. The fourth-order valence-corrected chi connectivity index (χ4v) is 5.45. The van der Waals surface area contributed by atoms with Gasteiger partial charge >= 0.3 is 0 Å². The first kappa shape index (κ1) is 18.7. The Bertz CT molecular complexity index is 573. The van der Waals surface area contributed by atoms with E-state index in [1.54, 1.807) is 4.90 Å². The molecule has 5 atom stereocenters. The molecule has 3 nitrogen and oxygen atoms in total. The normalized spacial score (nSPS) is 34.3. The number of hydrogen-bond donors (Lipinski definition) is 2. The quantitative estimate of drug-likeness (QED) is 0.749. The summed E-state index contributed by atoms with van der Waals surface area (Å²) in [7, 11) is 4.49. The van der Waals surface area contributed by atoms with Gasteiger partial charge in [-0.05, 0) is 43.2 Å². The van der Waals surface area contributed by atoms with E-state index in [4.69, 9.17) is 4.74 Å². The SMILES string of the molecule is C[C@@H]1[C@H](C[NH2+]CCC[NH+](C)C)[C@@H](C)C[C@@]2(C)Oc3ccccc3C[C@@H]12. The molecule has 0 aromatic heterocycles. The van der Waals surface area contributed by atoms with E-state index in [0.717, 1.165) is 23.5 Å². The predicted octanol–water partition coefficient (Wildman–Crippen LogP) is 1.39. The van der Waals surface area contributed by atoms with E-state index >= 15 is 0 Å². The lowest BCUT2D eigenvalue weighted by molar-refractivity contribution is -0.860. The fourth-order valence-electron chi connectivity index (χ4n) is 5.45. The highest BCUT2D eigenvalue weighted by atomic mass is 16.5. The van der Waals surface area contributed by atoms with Crippen LogP contribution in [0.4, 0.5) is 0 Å². The lowest BCUT2D eigenvalue weighted by Gasteiger charge is -2.53. The Kier molecular flexibility index (Phi) is 5.75. The molecule has 0 unspecified atom stereocenters. The molecule has 1 aromatic rings. The van der Waals surface area contributed by atoms with Gasteiger partial charge in [0.15, 0.2) is 0 Å². The van der Waals surface area contributed by atoms with Crippen LogP contribution in [-0.2, 0) is 6.42 Å². The van der Waals surface area contributed by atoms with Gasteiger partial charge in [0.2, 0.25) is 0 Å². The van der Waals surface area contributed by atoms with E-state index in [1.165, 1.54) is 44.5 Å². The van der Waals surface area contributed by atoms with E-state index in [-0.39, 0.29) is 5.60 Å². The molecule has 0 saturated heterocycles. The van der Waals surface area contributed by atoms with Crippen molar-refractivity contribution in [1.29, 1.82) is 0 Å². The topological polar surface area (TPSA) is 30.3 Å². The second-order valence-electron chi connectivity index (χ2n) is 9.16. The van der Waals surface area contributed by atoms with Crippen molar-refractivity contribution in [3.8, 4) is 5.75 Å². The third-order valence-electron chi connectivity index (χ3n) is 6.83. The molecule has 25 heavy (non-hydrogen) atoms. The monoisotopic (exact) mass is 346 g/mol. The van der Waals surface area contributed by atoms with Crippen LogP contribution in [0.5, 0.6) is 5.75 Å². The van der Waals surface area contributed by atoms with Gasteiger partial charge in [-0.3, -0.25) is 0 Å². The van der Waals surface area contributed by atoms with Crippen molar-refractivity contribution in [1.82, 2.24) is 0 Å². The smallest absolute Gasteiger partial charge is 0.123 e. The first-order chi connectivity index (χ1) is 11.9. The van der Waals surface area contributed by atoms with Gasteiger partial charge in [0.25, 0.3) is 0 Å². The molecule has 1 aliphatic carbocycles. The molecule has 3 rings (SSSR count). The molecule has 1 fully saturated rings. The van der Waals surface area contributed by atoms with Gasteiger partial charge in [-0.2, -0.15) is 0 Å². The summed E-state index contributed by atoms with van der Waals surface area (Å²) in [5, 5.41) is 2.57. The Morgan fingerprint density at radius 1 is 1.24 bits per heavy atom. The second-order valence-corrected chi connectivity index (χ2v) is 9.16. The molecule has 1 saturated carbocycles. The van der Waals surface area contributed by atoms with Crippen LogP contribution in [-0.4, -0.2) is 39.3 Å². The van der Waals surface area contributed by atoms with Crippen LogP contribution in [0.1, 0.15) is 39.2 Å². The Hall–Kier alpha value is -1.06. The molecule has 0 bridgehead atoms. The van der Waals surface area contributed by atoms with Gasteiger partial charge in [-0.25, -0.2) is 0 Å². The highest BCUT2D eigenvalue weighted by Crippen LogP contribution is 2.50. The number of hydrogen-bond acceptors (Lipinski definition) is 1. The average Bonchev–Trinajstić information content (AvgIpc) is 2.55. The summed E-state index contributed by atoms with van der Waals surface area (Å²) in [6.45, 7) is 11.1. The minimum Gasteiger partial charge on any atom is -0.487 e. The number of rotatable bonds is 6. The molecule has 3 heteroatoms. The van der Waals surface area contributed by atoms with E-state index < -0.39 is 0 Å². The molecular formula is C22H38N2O+2. The number of ether oxygens (including phenoxy) is 1. The Morgan fingerprint density at radius 3 is 2.76 bits per heavy atom. The van der Waals surface area contributed by atoms with E-state index in [0.29, 0.717) is 5.92 Å². The van der Waals surface area contributed by atoms with Gasteiger partial charge in [-0.15, -0.1) is 0 Å². The van der Waals surface area contributed by atoms with Crippen LogP contribution in [0, 0.1) is 23.7 Å². The summed E-state index contributed by atoms with van der Waals surface area (Å²) < 4.78 is 6.57. The summed E-state index contributed by atoms with van der Waals surface area (Å²) in [6, 6.07) is 8.66. The molecular weight excluding hydrogens is 308 g/mol. The lowest BCUT2D eigenvalue weighted by Crippen LogP contribution is -3.06. The van der Waals surface area contributed by atoms with Crippen LogP contribution in [0.2, 0.25) is 0 Å². The molecule has 140 valence electrons. The second kappa shape index (κ2) is 7.67. The number of nitrogens with one attached hydrogen (secondary N) is 1. The van der Waals surface area contributed by atoms with Crippen LogP contribution >= 0.6 is 0 Å². The van der Waals surface area contributed by atoms with Crippen LogP contribution < -0.4 is 15.0 Å². The maximum Gasteiger partial charge on any atom is 0.123 e. The zero-order chi connectivity index (χ0) is 18.0. The maximum absolute atomic E-state index is 6.57. The van der Waals surface area contributed by atoms with Gasteiger partial charge in [0, 0.05) is 18.3 Å². The largest absolute Gasteiger partial charge is 0.487 e. The summed E-state index contributed by atoms with van der Waals surface area (Å²) in [5.41, 5.74) is 1.42. The fraction of sp³-hybridized carbons (Fsp3) is 0.727. The van der Waals surface area contributed by atoms with Gasteiger partial charge in [-0.1, -0.05) is 32.0 Å². The van der Waals surface area contributed by atoms with Crippen molar-refractivity contribution >= 4 is 0 Å². The number of quaternary nitrogens is 2. The molecule has 0 amide bonds. The van der Waals surface area contributed by atoms with Gasteiger partial charge in [0.1, 0.15) is 11.4 Å². The standard InChI is InChI=1S/C22H36N2O/c1-16-14-22(3)20(13-18-9-6-7-10-21(18)25-22)17(2)19(16)15-23-11-8-12-24(4)5/h6-7,9-10,16-17,19-20,23H,8,11-15H2,1-5H3/p+2/t16-,17+,19+,20-,22+/m0/s1. The molecule has 3 N–H and O–H groups in total. The Balaban J connectivity index is 1.64. The van der Waals surface area contributed by atoms with Gasteiger partial charge < -0.3 is 15.0 Å². The van der Waals surface area contributed by atoms with Crippen molar-refractivity contribution in [2.75, 3.05) is 33.7 Å². The molecule has 2 aliphatic rings. The average molecular weight is 347 g/mol. The van der Waals surface area contributed by atoms with Crippen molar-refractivity contribution in [2.24, 2.45) is 23.7 Å². The van der Waals surface area contributed by atoms with Crippen molar-refractivity contribution in [3.05, 3.63) is 29.8 Å². The number of fused-ring (bicyclic) bond motifs is 2. The highest BCUT2D eigenvalue weighted by Gasteiger charge is 2.51. The molecule has 1 heterocycles. The third kappa shape index (κ3) is 4.03. The van der Waals surface area contributed by atoms with Crippen LogP contribution in [0.3, 0.4) is 0 Å². The number of para-hydroxylation sites is 1. The molecule has 0 spiro atoms. The van der Waals surface area contributed by atoms with Crippen LogP contribution in [0.25, 0.3) is 0 Å². The molecule has 1 aromatic carbocycles. The zero-order valence-electron chi connectivity index (χ0n) is 16.8. The Morgan fingerprint density at radius 2 is 2.00 bits per heavy atom. The van der Waals surface area contributed by atoms with Crippen molar-refractivity contribution < 1.29 is 15.0 Å². The van der Waals surface area contributed by atoms with E-state index in [9.17, 15) is 0 Å². The number of nitrogens with two attached hydrogens (primary N) is 1. The van der Waals surface area contributed by atoms with Crippen molar-refractivity contribution in [2.45, 2.75) is 45.6 Å². The van der Waals surface area contributed by atoms with E-state index in [1.807, 2.05) is 0 Å². The maximum atomic E-state index is 6.57. The summed E-state index contributed by atoms with van der Waals surface area (Å²) in [6.07, 6.45) is 3.69. The number of benzene rings is 1. The first-order valence-electron chi connectivity index (χ1n) is 10.3. The minimum atomic E-state index is 0.0119. The predicted molar refractivity (Wildman–Crippen MR) is 103 cm³/mol. The summed E-state index contributed by atoms with van der Waals surface area (Å²) in [5.74, 6) is 4.02. The molecule has 1 aliphatic heterocycles. The van der Waals surface area contributed by atoms with Gasteiger partial charge in [0.05, 0.1) is 33.7 Å². The Labute approximate surface area is 154 Å². The van der Waals surface area contributed by atoms with Crippen molar-refractivity contribution in [3.63, 3.8) is 0 Å². The molecule has 0 radical (unpaired) electrons. The zero-order valence-corrected chi connectivity index (χ0v) is 16.8. The summed E-state index contributed by atoms with van der Waals surface area (Å²) in [4.78, 5) is 1.56. The van der Waals surface area contributed by atoms with Crippen LogP contribution in [0.15, 0.2) is 24.3 Å². The lowest BCUT2D eigenvalue weighted by atomic mass is 9.59. The minimum absolute atomic E-state index is 0.0119. The highest BCUT2D eigenvalue weighted by molar-refractivity contribution is 5.37. The summed E-state index contributed by atoms with van der Waals surface area (Å²) >= 11 is 0. The van der Waals surface area contributed by atoms with E-state index in [2.05, 4.69) is 64.4 Å².